The highest BCUT2D eigenvalue weighted by Gasteiger charge is 2.68. The Bertz CT molecular complexity index is 1190. The van der Waals surface area contributed by atoms with Crippen molar-refractivity contribution in [2.75, 3.05) is 37.2 Å². The molecule has 0 radical (unpaired) electrons. The van der Waals surface area contributed by atoms with Crippen molar-refractivity contribution in [1.82, 2.24) is 5.32 Å². The molecule has 2 aromatic rings. The lowest BCUT2D eigenvalue weighted by molar-refractivity contribution is -0.152. The molecule has 2 amide bonds. The SMILES string of the molecule is COC(=O)[C@@]1(CCSC)N[C@@H](c2ccccc2C)[C@@H]2C(=O)N(c3ccc4c(c3)OCCO4)C(=O)[C@H]21. The minimum absolute atomic E-state index is 0.340. The molecule has 0 aliphatic carbocycles. The van der Waals surface area contributed by atoms with E-state index in [0.717, 1.165) is 11.1 Å². The minimum Gasteiger partial charge on any atom is -0.486 e. The highest BCUT2D eigenvalue weighted by molar-refractivity contribution is 7.98. The molecular formula is C26H28N2O6S. The average molecular weight is 497 g/mol. The zero-order valence-electron chi connectivity index (χ0n) is 19.9. The van der Waals surface area contributed by atoms with Crippen LogP contribution in [0.25, 0.3) is 0 Å². The number of carbonyl (C=O) groups excluding carboxylic acids is 3. The number of hydrogen-bond donors (Lipinski definition) is 1. The fourth-order valence-electron chi connectivity index (χ4n) is 5.60. The third-order valence-electron chi connectivity index (χ3n) is 7.21. The number of rotatable bonds is 6. The van der Waals surface area contributed by atoms with Crippen LogP contribution in [0, 0.1) is 18.8 Å². The van der Waals surface area contributed by atoms with Crippen molar-refractivity contribution in [2.45, 2.75) is 24.9 Å². The van der Waals surface area contributed by atoms with Gasteiger partial charge in [0, 0.05) is 12.1 Å². The maximum atomic E-state index is 14.0. The standard InChI is InChI=1S/C26H28N2O6S/c1-15-6-4-5-7-17(15)22-20-21(26(27-22,10-13-35-3)25(31)32-2)24(30)28(23(20)29)16-8-9-18-19(14-16)34-12-11-33-18/h4-9,14,20-22,27H,10-13H2,1-3H3/t20-,21+,22+,26+/m1/s1. The molecular weight excluding hydrogens is 468 g/mol. The highest BCUT2D eigenvalue weighted by Crippen LogP contribution is 2.52. The molecule has 0 spiro atoms. The van der Waals surface area contributed by atoms with Gasteiger partial charge in [-0.2, -0.15) is 11.8 Å². The monoisotopic (exact) mass is 496 g/mol. The number of methoxy groups -OCH3 is 1. The maximum absolute atomic E-state index is 14.0. The molecule has 3 aliphatic heterocycles. The van der Waals surface area contributed by atoms with Gasteiger partial charge in [-0.1, -0.05) is 24.3 Å². The number of aryl methyl sites for hydroxylation is 1. The van der Waals surface area contributed by atoms with Gasteiger partial charge in [-0.15, -0.1) is 0 Å². The second-order valence-electron chi connectivity index (χ2n) is 9.03. The van der Waals surface area contributed by atoms with Crippen molar-refractivity contribution in [2.24, 2.45) is 11.8 Å². The molecule has 2 aromatic carbocycles. The Morgan fingerprint density at radius 1 is 1.14 bits per heavy atom. The van der Waals surface area contributed by atoms with Crippen molar-refractivity contribution < 1.29 is 28.6 Å². The van der Waals surface area contributed by atoms with Crippen LogP contribution in [0.1, 0.15) is 23.6 Å². The van der Waals surface area contributed by atoms with E-state index < -0.39 is 35.3 Å². The van der Waals surface area contributed by atoms with E-state index in [1.807, 2.05) is 37.4 Å². The number of imide groups is 1. The molecule has 2 fully saturated rings. The van der Waals surface area contributed by atoms with Gasteiger partial charge in [0.2, 0.25) is 11.8 Å². The van der Waals surface area contributed by atoms with E-state index in [4.69, 9.17) is 14.2 Å². The number of hydrogen-bond acceptors (Lipinski definition) is 8. The van der Waals surface area contributed by atoms with Crippen molar-refractivity contribution in [3.05, 3.63) is 53.6 Å². The number of fused-ring (bicyclic) bond motifs is 2. The van der Waals surface area contributed by atoms with Gasteiger partial charge < -0.3 is 14.2 Å². The second-order valence-corrected chi connectivity index (χ2v) is 10.0. The summed E-state index contributed by atoms with van der Waals surface area (Å²) in [5.41, 5.74) is 0.964. The predicted molar refractivity (Wildman–Crippen MR) is 132 cm³/mol. The van der Waals surface area contributed by atoms with E-state index in [0.29, 0.717) is 42.6 Å². The summed E-state index contributed by atoms with van der Waals surface area (Å²) in [6.45, 7) is 2.80. The molecule has 3 aliphatic rings. The van der Waals surface area contributed by atoms with Gasteiger partial charge in [0.25, 0.3) is 0 Å². The lowest BCUT2D eigenvalue weighted by Crippen LogP contribution is -2.56. The molecule has 1 N–H and O–H groups in total. The highest BCUT2D eigenvalue weighted by atomic mass is 32.2. The Labute approximate surface area is 208 Å². The number of benzene rings is 2. The third kappa shape index (κ3) is 3.68. The van der Waals surface area contributed by atoms with Crippen molar-refractivity contribution in [3.8, 4) is 11.5 Å². The number of anilines is 1. The van der Waals surface area contributed by atoms with Gasteiger partial charge in [0.05, 0.1) is 24.6 Å². The quantitative estimate of drug-likeness (QED) is 0.482. The van der Waals surface area contributed by atoms with E-state index in [9.17, 15) is 14.4 Å². The lowest BCUT2D eigenvalue weighted by Gasteiger charge is -2.32. The summed E-state index contributed by atoms with van der Waals surface area (Å²) in [5, 5.41) is 3.43. The van der Waals surface area contributed by atoms with Crippen LogP contribution in [0.4, 0.5) is 5.69 Å². The van der Waals surface area contributed by atoms with Crippen LogP contribution in [-0.4, -0.2) is 55.7 Å². The van der Waals surface area contributed by atoms with Gasteiger partial charge in [-0.25, -0.2) is 4.90 Å². The molecule has 5 rings (SSSR count). The number of ether oxygens (including phenoxy) is 3. The summed E-state index contributed by atoms with van der Waals surface area (Å²) in [5.74, 6) is -1.24. The van der Waals surface area contributed by atoms with Crippen LogP contribution in [0.5, 0.6) is 11.5 Å². The van der Waals surface area contributed by atoms with E-state index >= 15 is 0 Å². The van der Waals surface area contributed by atoms with Crippen LogP contribution in [0.3, 0.4) is 0 Å². The molecule has 2 saturated heterocycles. The maximum Gasteiger partial charge on any atom is 0.326 e. The first kappa shape index (κ1) is 23.7. The zero-order chi connectivity index (χ0) is 24.7. The van der Waals surface area contributed by atoms with Crippen molar-refractivity contribution >= 4 is 35.2 Å². The van der Waals surface area contributed by atoms with Crippen LogP contribution < -0.4 is 19.7 Å². The Kier molecular flexibility index (Phi) is 6.23. The second kappa shape index (κ2) is 9.20. The summed E-state index contributed by atoms with van der Waals surface area (Å²) in [4.78, 5) is 42.5. The summed E-state index contributed by atoms with van der Waals surface area (Å²) in [6, 6.07) is 12.3. The Morgan fingerprint density at radius 2 is 1.89 bits per heavy atom. The van der Waals surface area contributed by atoms with Crippen molar-refractivity contribution in [1.29, 1.82) is 0 Å². The number of thioether (sulfide) groups is 1. The molecule has 9 heteroatoms. The van der Waals surface area contributed by atoms with Gasteiger partial charge in [-0.3, -0.25) is 19.7 Å². The van der Waals surface area contributed by atoms with Gasteiger partial charge in [-0.05, 0) is 48.6 Å². The van der Waals surface area contributed by atoms with Crippen LogP contribution in [-0.2, 0) is 19.1 Å². The number of esters is 1. The topological polar surface area (TPSA) is 94.2 Å². The fourth-order valence-corrected chi connectivity index (χ4v) is 6.12. The smallest absolute Gasteiger partial charge is 0.326 e. The lowest BCUT2D eigenvalue weighted by atomic mass is 9.77. The zero-order valence-corrected chi connectivity index (χ0v) is 20.7. The minimum atomic E-state index is -1.31. The first-order chi connectivity index (χ1) is 16.9. The predicted octanol–water partition coefficient (Wildman–Crippen LogP) is 2.88. The number of carbonyl (C=O) groups is 3. The number of nitrogens with zero attached hydrogens (tertiary/aromatic N) is 1. The summed E-state index contributed by atoms with van der Waals surface area (Å²) in [6.07, 6.45) is 2.30. The van der Waals surface area contributed by atoms with E-state index in [1.54, 1.807) is 30.0 Å². The van der Waals surface area contributed by atoms with Gasteiger partial charge in [0.1, 0.15) is 18.8 Å². The van der Waals surface area contributed by atoms with E-state index in [-0.39, 0.29) is 5.91 Å². The summed E-state index contributed by atoms with van der Waals surface area (Å²) < 4.78 is 16.5. The Morgan fingerprint density at radius 3 is 2.60 bits per heavy atom. The molecule has 0 unspecified atom stereocenters. The first-order valence-corrected chi connectivity index (χ1v) is 13.0. The Balaban J connectivity index is 1.63. The van der Waals surface area contributed by atoms with Crippen LogP contribution in [0.15, 0.2) is 42.5 Å². The first-order valence-electron chi connectivity index (χ1n) is 11.6. The average Bonchev–Trinajstić information content (AvgIpc) is 3.36. The fraction of sp³-hybridized carbons (Fsp3) is 0.423. The number of nitrogens with one attached hydrogen (secondary N) is 1. The molecule has 0 saturated carbocycles. The summed E-state index contributed by atoms with van der Waals surface area (Å²) >= 11 is 1.58. The largest absolute Gasteiger partial charge is 0.486 e. The van der Waals surface area contributed by atoms with Crippen LogP contribution >= 0.6 is 11.8 Å². The summed E-state index contributed by atoms with van der Waals surface area (Å²) in [7, 11) is 1.32. The third-order valence-corrected chi connectivity index (χ3v) is 7.82. The van der Waals surface area contributed by atoms with Gasteiger partial charge >= 0.3 is 5.97 Å². The van der Waals surface area contributed by atoms with E-state index in [2.05, 4.69) is 5.32 Å². The molecule has 4 atom stereocenters. The van der Waals surface area contributed by atoms with Crippen LogP contribution in [0.2, 0.25) is 0 Å². The molecule has 0 aromatic heterocycles. The molecule has 0 bridgehead atoms. The molecule has 184 valence electrons. The Hall–Kier alpha value is -3.04. The number of amides is 2. The molecule has 3 heterocycles. The molecule has 35 heavy (non-hydrogen) atoms. The molecule has 8 nitrogen and oxygen atoms in total. The normalized spacial score (nSPS) is 27.2. The van der Waals surface area contributed by atoms with Crippen molar-refractivity contribution in [3.63, 3.8) is 0 Å². The van der Waals surface area contributed by atoms with Gasteiger partial charge in [0.15, 0.2) is 11.5 Å². The van der Waals surface area contributed by atoms with E-state index in [1.165, 1.54) is 12.0 Å².